The lowest BCUT2D eigenvalue weighted by Crippen LogP contribution is -2.08. The van der Waals surface area contributed by atoms with Crippen LogP contribution in [0.1, 0.15) is 11.1 Å². The first-order chi connectivity index (χ1) is 12.7. The molecule has 0 spiro atoms. The third kappa shape index (κ3) is 3.17. The van der Waals surface area contributed by atoms with Crippen molar-refractivity contribution >= 4 is 22.8 Å². The molecule has 0 bridgehead atoms. The van der Waals surface area contributed by atoms with E-state index in [0.717, 1.165) is 27.6 Å². The molecule has 0 fully saturated rings. The third-order valence-electron chi connectivity index (χ3n) is 4.16. The molecule has 4 aromatic rings. The van der Waals surface area contributed by atoms with E-state index in [9.17, 15) is 0 Å². The van der Waals surface area contributed by atoms with E-state index in [1.54, 1.807) is 6.20 Å². The van der Waals surface area contributed by atoms with E-state index in [0.29, 0.717) is 18.3 Å². The second kappa shape index (κ2) is 6.76. The van der Waals surface area contributed by atoms with E-state index < -0.39 is 0 Å². The van der Waals surface area contributed by atoms with Crippen LogP contribution in [0.4, 0.5) is 11.9 Å². The third-order valence-corrected chi connectivity index (χ3v) is 4.16. The fraction of sp³-hybridized carbons (Fsp3) is 0.100. The summed E-state index contributed by atoms with van der Waals surface area (Å²) in [4.78, 5) is 17.6. The Morgan fingerprint density at radius 3 is 2.62 bits per heavy atom. The molecule has 2 aromatic carbocycles. The molecule has 6 nitrogen and oxygen atoms in total. The first-order valence-electron chi connectivity index (χ1n) is 8.35. The van der Waals surface area contributed by atoms with Gasteiger partial charge in [0.2, 0.25) is 11.9 Å². The predicted octanol–water partition coefficient (Wildman–Crippen LogP) is 3.59. The molecule has 0 atom stereocenters. The number of benzene rings is 2. The smallest absolute Gasteiger partial charge is 0.228 e. The zero-order chi connectivity index (χ0) is 17.9. The van der Waals surface area contributed by atoms with Crippen LogP contribution in [0.25, 0.3) is 22.3 Å². The number of nitrogens with zero attached hydrogens (tertiary/aromatic N) is 4. The van der Waals surface area contributed by atoms with Crippen molar-refractivity contribution in [2.24, 2.45) is 0 Å². The number of rotatable bonds is 4. The molecule has 3 N–H and O–H groups in total. The van der Waals surface area contributed by atoms with Crippen molar-refractivity contribution < 1.29 is 0 Å². The molecule has 0 saturated heterocycles. The average molecular weight is 342 g/mol. The number of hydrogen-bond donors (Lipinski definition) is 2. The quantitative estimate of drug-likeness (QED) is 0.589. The van der Waals surface area contributed by atoms with Crippen molar-refractivity contribution in [2.75, 3.05) is 11.1 Å². The summed E-state index contributed by atoms with van der Waals surface area (Å²) in [6, 6.07) is 18.0. The van der Waals surface area contributed by atoms with E-state index in [4.69, 9.17) is 5.73 Å². The van der Waals surface area contributed by atoms with E-state index in [-0.39, 0.29) is 5.95 Å². The summed E-state index contributed by atoms with van der Waals surface area (Å²) in [6.45, 7) is 2.65. The number of hydrogen-bond acceptors (Lipinski definition) is 6. The van der Waals surface area contributed by atoms with Gasteiger partial charge >= 0.3 is 0 Å². The Kier molecular flexibility index (Phi) is 4.15. The maximum Gasteiger partial charge on any atom is 0.228 e. The molecule has 0 amide bonds. The van der Waals surface area contributed by atoms with Gasteiger partial charge in [0.25, 0.3) is 0 Å². The van der Waals surface area contributed by atoms with Gasteiger partial charge in [-0.15, -0.1) is 0 Å². The Morgan fingerprint density at radius 1 is 0.923 bits per heavy atom. The molecule has 0 unspecified atom stereocenters. The van der Waals surface area contributed by atoms with Crippen LogP contribution in [0.2, 0.25) is 0 Å². The highest BCUT2D eigenvalue weighted by molar-refractivity contribution is 5.94. The first kappa shape index (κ1) is 16.0. The van der Waals surface area contributed by atoms with E-state index in [1.807, 2.05) is 61.5 Å². The lowest BCUT2D eigenvalue weighted by molar-refractivity contribution is 1.02. The molecule has 6 heteroatoms. The fourth-order valence-corrected chi connectivity index (χ4v) is 2.88. The topological polar surface area (TPSA) is 89.6 Å². The molecule has 2 aromatic heterocycles. The van der Waals surface area contributed by atoms with Crippen LogP contribution in [-0.4, -0.2) is 19.9 Å². The Hall–Kier alpha value is -3.54. The van der Waals surface area contributed by atoms with Gasteiger partial charge in [-0.05, 0) is 24.1 Å². The summed E-state index contributed by atoms with van der Waals surface area (Å²) in [5.41, 5.74) is 9.98. The van der Waals surface area contributed by atoms with Crippen molar-refractivity contribution in [1.29, 1.82) is 0 Å². The maximum absolute atomic E-state index is 5.92. The normalized spacial score (nSPS) is 10.8. The van der Waals surface area contributed by atoms with Crippen molar-refractivity contribution in [3.63, 3.8) is 0 Å². The standard InChI is InChI=1S/C20H18N6/c1-13-9-10-16(15-8-5-11-22-17(13)15)18-24-19(21)26-20(25-18)23-12-14-6-3-2-4-7-14/h2-11H,12H2,1H3,(H3,21,23,24,25,26). The van der Waals surface area contributed by atoms with Gasteiger partial charge in [0.15, 0.2) is 5.82 Å². The zero-order valence-electron chi connectivity index (χ0n) is 14.3. The lowest BCUT2D eigenvalue weighted by Gasteiger charge is -2.10. The Bertz CT molecular complexity index is 1060. The molecule has 0 saturated carbocycles. The molecule has 0 aliphatic carbocycles. The number of fused-ring (bicyclic) bond motifs is 1. The van der Waals surface area contributed by atoms with Crippen LogP contribution in [0, 0.1) is 6.92 Å². The molecule has 4 rings (SSSR count). The van der Waals surface area contributed by atoms with E-state index in [2.05, 4.69) is 25.3 Å². The van der Waals surface area contributed by atoms with Crippen molar-refractivity contribution in [3.05, 3.63) is 71.9 Å². The predicted molar refractivity (Wildman–Crippen MR) is 103 cm³/mol. The van der Waals surface area contributed by atoms with Crippen LogP contribution >= 0.6 is 0 Å². The SMILES string of the molecule is Cc1ccc(-c2nc(N)nc(NCc3ccccc3)n2)c2cccnc12. The number of aryl methyl sites for hydroxylation is 1. The van der Waals surface area contributed by atoms with Crippen LogP contribution < -0.4 is 11.1 Å². The van der Waals surface area contributed by atoms with Gasteiger partial charge in [0.1, 0.15) is 0 Å². The van der Waals surface area contributed by atoms with Crippen molar-refractivity contribution in [3.8, 4) is 11.4 Å². The number of nitrogen functional groups attached to an aromatic ring is 1. The minimum Gasteiger partial charge on any atom is -0.368 e. The van der Waals surface area contributed by atoms with Gasteiger partial charge in [-0.25, -0.2) is 0 Å². The summed E-state index contributed by atoms with van der Waals surface area (Å²) >= 11 is 0. The second-order valence-electron chi connectivity index (χ2n) is 6.01. The van der Waals surface area contributed by atoms with E-state index >= 15 is 0 Å². The highest BCUT2D eigenvalue weighted by atomic mass is 15.2. The van der Waals surface area contributed by atoms with Gasteiger partial charge in [0, 0.05) is 23.7 Å². The van der Waals surface area contributed by atoms with Gasteiger partial charge in [-0.1, -0.05) is 48.5 Å². The van der Waals surface area contributed by atoms with Crippen molar-refractivity contribution in [1.82, 2.24) is 19.9 Å². The molecule has 2 heterocycles. The number of aromatic nitrogens is 4. The van der Waals surface area contributed by atoms with Crippen LogP contribution in [0.15, 0.2) is 60.8 Å². The van der Waals surface area contributed by atoms with Gasteiger partial charge in [-0.2, -0.15) is 15.0 Å². The highest BCUT2D eigenvalue weighted by Gasteiger charge is 2.12. The largest absolute Gasteiger partial charge is 0.368 e. The molecule has 128 valence electrons. The first-order valence-corrected chi connectivity index (χ1v) is 8.35. The van der Waals surface area contributed by atoms with Crippen molar-refractivity contribution in [2.45, 2.75) is 13.5 Å². The monoisotopic (exact) mass is 342 g/mol. The molecular weight excluding hydrogens is 324 g/mol. The summed E-state index contributed by atoms with van der Waals surface area (Å²) in [6.07, 6.45) is 1.79. The molecule has 26 heavy (non-hydrogen) atoms. The molecule has 0 radical (unpaired) electrons. The number of pyridine rings is 1. The Balaban J connectivity index is 1.72. The zero-order valence-corrected chi connectivity index (χ0v) is 14.3. The number of nitrogens with two attached hydrogens (primary N) is 1. The molecule has 0 aliphatic rings. The minimum absolute atomic E-state index is 0.183. The van der Waals surface area contributed by atoms with Gasteiger partial charge in [0.05, 0.1) is 5.52 Å². The average Bonchev–Trinajstić information content (AvgIpc) is 2.67. The molecular formula is C20H18N6. The second-order valence-corrected chi connectivity index (χ2v) is 6.01. The lowest BCUT2D eigenvalue weighted by atomic mass is 10.0. The summed E-state index contributed by atoms with van der Waals surface area (Å²) in [5.74, 6) is 1.17. The Labute approximate surface area is 151 Å². The Morgan fingerprint density at radius 2 is 1.77 bits per heavy atom. The van der Waals surface area contributed by atoms with Crippen LogP contribution in [0.3, 0.4) is 0 Å². The summed E-state index contributed by atoms with van der Waals surface area (Å²) < 4.78 is 0. The van der Waals surface area contributed by atoms with E-state index in [1.165, 1.54) is 0 Å². The number of nitrogens with one attached hydrogen (secondary N) is 1. The molecule has 0 aliphatic heterocycles. The maximum atomic E-state index is 5.92. The minimum atomic E-state index is 0.183. The van der Waals surface area contributed by atoms with Gasteiger partial charge < -0.3 is 11.1 Å². The summed E-state index contributed by atoms with van der Waals surface area (Å²) in [5, 5.41) is 4.21. The fourth-order valence-electron chi connectivity index (χ4n) is 2.88. The highest BCUT2D eigenvalue weighted by Crippen LogP contribution is 2.28. The summed E-state index contributed by atoms with van der Waals surface area (Å²) in [7, 11) is 0. The van der Waals surface area contributed by atoms with Crippen LogP contribution in [-0.2, 0) is 6.54 Å². The van der Waals surface area contributed by atoms with Gasteiger partial charge in [-0.3, -0.25) is 4.98 Å². The number of anilines is 2. The van der Waals surface area contributed by atoms with Crippen LogP contribution in [0.5, 0.6) is 0 Å².